The topological polar surface area (TPSA) is 97.8 Å². The Hall–Kier alpha value is -2.82. The van der Waals surface area contributed by atoms with Crippen molar-refractivity contribution in [2.75, 3.05) is 11.5 Å². The molecule has 5 nitrogen and oxygen atoms in total. The summed E-state index contributed by atoms with van der Waals surface area (Å²) >= 11 is 0. The number of anilines is 2. The van der Waals surface area contributed by atoms with Crippen molar-refractivity contribution in [2.24, 2.45) is 0 Å². The van der Waals surface area contributed by atoms with Gasteiger partial charge in [0, 0.05) is 40.3 Å². The van der Waals surface area contributed by atoms with E-state index < -0.39 is 0 Å². The molecule has 19 heavy (non-hydrogen) atoms. The largest absolute Gasteiger partial charge is 0.399 e. The Morgan fingerprint density at radius 2 is 1.89 bits per heavy atom. The summed E-state index contributed by atoms with van der Waals surface area (Å²) in [4.78, 5) is 19.6. The fourth-order valence-corrected chi connectivity index (χ4v) is 2.11. The molecule has 94 valence electrons. The third-order valence-electron chi connectivity index (χ3n) is 2.94. The van der Waals surface area contributed by atoms with Gasteiger partial charge in [-0.05, 0) is 30.3 Å². The number of nitrogens with one attached hydrogen (secondary N) is 1. The van der Waals surface area contributed by atoms with E-state index in [2.05, 4.69) is 9.97 Å². The molecule has 0 unspecified atom stereocenters. The van der Waals surface area contributed by atoms with E-state index in [9.17, 15) is 4.79 Å². The molecule has 0 aliphatic heterocycles. The van der Waals surface area contributed by atoms with Crippen molar-refractivity contribution in [3.05, 3.63) is 53.9 Å². The van der Waals surface area contributed by atoms with E-state index in [-0.39, 0.29) is 5.78 Å². The standard InChI is InChI=1S/C14H12N4O/c15-9-4-8(5-10(16)6-9)13(19)12-7-18-14-11(12)2-1-3-17-14/h1-7H,15-16H2,(H,17,18). The number of fused-ring (bicyclic) bond motifs is 1. The van der Waals surface area contributed by atoms with Crippen LogP contribution in [0.25, 0.3) is 11.0 Å². The van der Waals surface area contributed by atoms with Crippen LogP contribution in [0.15, 0.2) is 42.7 Å². The summed E-state index contributed by atoms with van der Waals surface area (Å²) in [5, 5.41) is 0.786. The number of nitrogens with two attached hydrogens (primary N) is 2. The normalized spacial score (nSPS) is 10.7. The number of nitrogens with zero attached hydrogens (tertiary/aromatic N) is 1. The highest BCUT2D eigenvalue weighted by Gasteiger charge is 2.15. The highest BCUT2D eigenvalue weighted by atomic mass is 16.1. The van der Waals surface area contributed by atoms with E-state index in [4.69, 9.17) is 11.5 Å². The summed E-state index contributed by atoms with van der Waals surface area (Å²) in [5.74, 6) is -0.127. The Bertz CT molecular complexity index is 756. The summed E-state index contributed by atoms with van der Waals surface area (Å²) in [6, 6.07) is 8.50. The van der Waals surface area contributed by atoms with Crippen molar-refractivity contribution < 1.29 is 4.79 Å². The molecule has 3 aromatic rings. The molecule has 0 aliphatic rings. The second kappa shape index (κ2) is 4.13. The molecule has 2 aromatic heterocycles. The van der Waals surface area contributed by atoms with Crippen molar-refractivity contribution in [1.29, 1.82) is 0 Å². The number of H-pyrrole nitrogens is 1. The zero-order valence-electron chi connectivity index (χ0n) is 10.1. The van der Waals surface area contributed by atoms with Gasteiger partial charge in [-0.1, -0.05) is 0 Å². The van der Waals surface area contributed by atoms with Gasteiger partial charge in [0.15, 0.2) is 5.78 Å². The van der Waals surface area contributed by atoms with Crippen LogP contribution in [-0.2, 0) is 0 Å². The predicted octanol–water partition coefficient (Wildman–Crippen LogP) is 1.96. The van der Waals surface area contributed by atoms with Crippen molar-refractivity contribution in [1.82, 2.24) is 9.97 Å². The van der Waals surface area contributed by atoms with Gasteiger partial charge < -0.3 is 16.5 Å². The number of aromatic nitrogens is 2. The molecule has 5 N–H and O–H groups in total. The quantitative estimate of drug-likeness (QED) is 0.479. The molecule has 3 rings (SSSR count). The average molecular weight is 252 g/mol. The van der Waals surface area contributed by atoms with Crippen LogP contribution < -0.4 is 11.5 Å². The van der Waals surface area contributed by atoms with E-state index in [0.29, 0.717) is 28.1 Å². The van der Waals surface area contributed by atoms with E-state index in [0.717, 1.165) is 5.39 Å². The van der Waals surface area contributed by atoms with Crippen molar-refractivity contribution in [2.45, 2.75) is 0 Å². The lowest BCUT2D eigenvalue weighted by Gasteiger charge is -2.03. The number of carbonyl (C=O) groups is 1. The van der Waals surface area contributed by atoms with E-state index in [1.807, 2.05) is 6.07 Å². The van der Waals surface area contributed by atoms with Crippen LogP contribution in [0, 0.1) is 0 Å². The molecule has 2 heterocycles. The van der Waals surface area contributed by atoms with Crippen LogP contribution in [0.2, 0.25) is 0 Å². The molecule has 0 atom stereocenters. The van der Waals surface area contributed by atoms with E-state index >= 15 is 0 Å². The van der Waals surface area contributed by atoms with Crippen LogP contribution in [0.4, 0.5) is 11.4 Å². The molecule has 0 saturated carbocycles. The highest BCUT2D eigenvalue weighted by molar-refractivity contribution is 6.16. The number of ketones is 1. The zero-order chi connectivity index (χ0) is 13.4. The van der Waals surface area contributed by atoms with Gasteiger partial charge in [-0.15, -0.1) is 0 Å². The van der Waals surface area contributed by atoms with Gasteiger partial charge in [-0.25, -0.2) is 4.98 Å². The monoisotopic (exact) mass is 252 g/mol. The number of benzene rings is 1. The van der Waals surface area contributed by atoms with Crippen molar-refractivity contribution in [3.8, 4) is 0 Å². The summed E-state index contributed by atoms with van der Waals surface area (Å²) in [5.41, 5.74) is 14.1. The molecule has 1 aromatic carbocycles. The summed E-state index contributed by atoms with van der Waals surface area (Å²) in [6.07, 6.45) is 3.32. The maximum absolute atomic E-state index is 12.5. The second-order valence-corrected chi connectivity index (χ2v) is 4.32. The first-order chi connectivity index (χ1) is 9.15. The Kier molecular flexibility index (Phi) is 2.45. The minimum absolute atomic E-state index is 0.127. The third-order valence-corrected chi connectivity index (χ3v) is 2.94. The third kappa shape index (κ3) is 1.91. The van der Waals surface area contributed by atoms with Crippen LogP contribution in [0.1, 0.15) is 15.9 Å². The van der Waals surface area contributed by atoms with Crippen LogP contribution in [-0.4, -0.2) is 15.8 Å². The highest BCUT2D eigenvalue weighted by Crippen LogP contribution is 2.22. The number of hydrogen-bond acceptors (Lipinski definition) is 4. The van der Waals surface area contributed by atoms with Gasteiger partial charge in [0.1, 0.15) is 5.65 Å². The minimum Gasteiger partial charge on any atom is -0.399 e. The van der Waals surface area contributed by atoms with Crippen molar-refractivity contribution in [3.63, 3.8) is 0 Å². The zero-order valence-corrected chi connectivity index (χ0v) is 10.1. The van der Waals surface area contributed by atoms with Gasteiger partial charge >= 0.3 is 0 Å². The lowest BCUT2D eigenvalue weighted by Crippen LogP contribution is -2.03. The van der Waals surface area contributed by atoms with Gasteiger partial charge in [-0.2, -0.15) is 0 Å². The molecule has 0 aliphatic carbocycles. The number of rotatable bonds is 2. The number of aromatic amines is 1. The van der Waals surface area contributed by atoms with Gasteiger partial charge in [0.05, 0.1) is 0 Å². The van der Waals surface area contributed by atoms with Crippen LogP contribution >= 0.6 is 0 Å². The molecular weight excluding hydrogens is 240 g/mol. The summed E-state index contributed by atoms with van der Waals surface area (Å²) in [7, 11) is 0. The molecular formula is C14H12N4O. The minimum atomic E-state index is -0.127. The maximum atomic E-state index is 12.5. The number of hydrogen-bond donors (Lipinski definition) is 3. The average Bonchev–Trinajstić information content (AvgIpc) is 2.80. The summed E-state index contributed by atoms with van der Waals surface area (Å²) in [6.45, 7) is 0. The van der Waals surface area contributed by atoms with Gasteiger partial charge in [-0.3, -0.25) is 4.79 Å². The lowest BCUT2D eigenvalue weighted by atomic mass is 10.0. The fraction of sp³-hybridized carbons (Fsp3) is 0. The molecule has 0 fully saturated rings. The number of carbonyl (C=O) groups excluding carboxylic acids is 1. The van der Waals surface area contributed by atoms with Gasteiger partial charge in [0.2, 0.25) is 0 Å². The van der Waals surface area contributed by atoms with E-state index in [1.54, 1.807) is 36.7 Å². The van der Waals surface area contributed by atoms with E-state index in [1.165, 1.54) is 0 Å². The lowest BCUT2D eigenvalue weighted by molar-refractivity contribution is 0.104. The fourth-order valence-electron chi connectivity index (χ4n) is 2.11. The first-order valence-electron chi connectivity index (χ1n) is 5.78. The molecule has 0 spiro atoms. The van der Waals surface area contributed by atoms with Crippen molar-refractivity contribution >= 4 is 28.2 Å². The second-order valence-electron chi connectivity index (χ2n) is 4.32. The molecule has 5 heteroatoms. The Balaban J connectivity index is 2.13. The maximum Gasteiger partial charge on any atom is 0.195 e. The molecule has 0 radical (unpaired) electrons. The predicted molar refractivity (Wildman–Crippen MR) is 74.8 cm³/mol. The number of nitrogen functional groups attached to an aromatic ring is 2. The number of pyridine rings is 1. The van der Waals surface area contributed by atoms with Crippen LogP contribution in [0.5, 0.6) is 0 Å². The molecule has 0 saturated heterocycles. The van der Waals surface area contributed by atoms with Gasteiger partial charge in [0.25, 0.3) is 0 Å². The molecule has 0 amide bonds. The Morgan fingerprint density at radius 3 is 2.63 bits per heavy atom. The Morgan fingerprint density at radius 1 is 1.16 bits per heavy atom. The smallest absolute Gasteiger partial charge is 0.195 e. The van der Waals surface area contributed by atoms with Crippen LogP contribution in [0.3, 0.4) is 0 Å². The summed E-state index contributed by atoms with van der Waals surface area (Å²) < 4.78 is 0. The first kappa shape index (κ1) is 11.3. The SMILES string of the molecule is Nc1cc(N)cc(C(=O)c2c[nH]c3ncccc23)c1. The Labute approximate surface area is 109 Å². The first-order valence-corrected chi connectivity index (χ1v) is 5.78. The molecule has 0 bridgehead atoms.